The molecule has 0 saturated heterocycles. The topological polar surface area (TPSA) is 77.5 Å². The summed E-state index contributed by atoms with van der Waals surface area (Å²) in [5, 5.41) is 2.71. The van der Waals surface area contributed by atoms with Crippen molar-refractivity contribution in [1.82, 2.24) is 4.98 Å². The highest BCUT2D eigenvalue weighted by atomic mass is 19.3. The summed E-state index contributed by atoms with van der Waals surface area (Å²) in [6.45, 7) is 2.66. The number of alkyl halides is 4. The number of hydrogen-bond donors (Lipinski definition) is 1. The predicted octanol–water partition coefficient (Wildman–Crippen LogP) is 3.88. The number of carbonyl (C=O) groups is 2. The number of nitrogens with one attached hydrogen (secondary N) is 1. The third-order valence-corrected chi connectivity index (χ3v) is 3.55. The minimum atomic E-state index is -3.32. The molecule has 1 saturated carbocycles. The van der Waals surface area contributed by atoms with Gasteiger partial charge in [-0.15, -0.1) is 0 Å². The van der Waals surface area contributed by atoms with Crippen molar-refractivity contribution in [3.8, 4) is 0 Å². The molecule has 1 aromatic rings. The van der Waals surface area contributed by atoms with Crippen molar-refractivity contribution in [1.29, 1.82) is 0 Å². The van der Waals surface area contributed by atoms with Crippen molar-refractivity contribution >= 4 is 17.6 Å². The highest BCUT2D eigenvalue weighted by Crippen LogP contribution is 2.38. The Labute approximate surface area is 146 Å². The van der Waals surface area contributed by atoms with Crippen LogP contribution in [0.5, 0.6) is 0 Å². The second kappa shape index (κ2) is 8.33. The Morgan fingerprint density at radius 1 is 1.00 bits per heavy atom. The number of esters is 2. The molecule has 0 bridgehead atoms. The van der Waals surface area contributed by atoms with Crippen molar-refractivity contribution in [2.24, 2.45) is 0 Å². The van der Waals surface area contributed by atoms with Gasteiger partial charge in [-0.1, -0.05) is 0 Å². The zero-order valence-corrected chi connectivity index (χ0v) is 14.2. The fourth-order valence-electron chi connectivity index (χ4n) is 2.33. The number of ether oxygens (including phenoxy) is 2. The molecule has 0 atom stereocenters. The third-order valence-electron chi connectivity index (χ3n) is 3.55. The van der Waals surface area contributed by atoms with Gasteiger partial charge < -0.3 is 14.8 Å². The Bertz CT molecular complexity index is 645. The fraction of sp³-hybridized carbons (Fsp3) is 0.562. The average molecular weight is 378 g/mol. The Hall–Kier alpha value is -2.39. The van der Waals surface area contributed by atoms with E-state index >= 15 is 0 Å². The van der Waals surface area contributed by atoms with E-state index in [2.05, 4.69) is 10.3 Å². The number of nitrogens with zero attached hydrogens (tertiary/aromatic N) is 1. The van der Waals surface area contributed by atoms with E-state index < -0.39 is 53.0 Å². The van der Waals surface area contributed by atoms with Crippen molar-refractivity contribution in [3.63, 3.8) is 0 Å². The molecule has 0 spiro atoms. The number of rotatable bonds is 8. The number of pyridine rings is 1. The van der Waals surface area contributed by atoms with Crippen LogP contribution in [-0.2, 0) is 9.47 Å². The van der Waals surface area contributed by atoms with Gasteiger partial charge in [0.2, 0.25) is 0 Å². The lowest BCUT2D eigenvalue weighted by molar-refractivity contribution is 0.0506. The van der Waals surface area contributed by atoms with Gasteiger partial charge in [-0.3, -0.25) is 0 Å². The molecular formula is C16H18F4N2O4. The molecule has 0 amide bonds. The van der Waals surface area contributed by atoms with E-state index in [0.29, 0.717) is 12.8 Å². The molecule has 1 aromatic heterocycles. The highest BCUT2D eigenvalue weighted by molar-refractivity contribution is 6.06. The summed E-state index contributed by atoms with van der Waals surface area (Å²) in [6.07, 6.45) is -5.35. The summed E-state index contributed by atoms with van der Waals surface area (Å²) >= 11 is 0. The normalized spacial score (nSPS) is 13.8. The fourth-order valence-corrected chi connectivity index (χ4v) is 2.33. The van der Waals surface area contributed by atoms with E-state index in [1.165, 1.54) is 13.8 Å². The lowest BCUT2D eigenvalue weighted by Gasteiger charge is -2.20. The van der Waals surface area contributed by atoms with Crippen molar-refractivity contribution < 1.29 is 36.6 Å². The predicted molar refractivity (Wildman–Crippen MR) is 82.7 cm³/mol. The van der Waals surface area contributed by atoms with Gasteiger partial charge in [-0.05, 0) is 26.7 Å². The SMILES string of the molecule is CCOC(=O)c1c(C(F)F)nc(C(F)F)c(C(=O)OCC)c1NC1CC1. The molecule has 2 rings (SSSR count). The number of carbonyl (C=O) groups excluding carboxylic acids is 2. The summed E-state index contributed by atoms with van der Waals surface area (Å²) in [7, 11) is 0. The Kier molecular flexibility index (Phi) is 6.38. The van der Waals surface area contributed by atoms with E-state index in [0.717, 1.165) is 0 Å². The summed E-state index contributed by atoms with van der Waals surface area (Å²) in [5.74, 6) is -2.35. The van der Waals surface area contributed by atoms with Crippen LogP contribution in [0.1, 0.15) is 71.6 Å². The second-order valence-electron chi connectivity index (χ2n) is 5.47. The minimum absolute atomic E-state index is 0.129. The van der Waals surface area contributed by atoms with Crippen LogP contribution in [0.15, 0.2) is 0 Å². The highest BCUT2D eigenvalue weighted by Gasteiger charge is 2.37. The number of aromatic nitrogens is 1. The van der Waals surface area contributed by atoms with Crippen LogP contribution in [0.4, 0.5) is 23.2 Å². The maximum absolute atomic E-state index is 13.4. The molecular weight excluding hydrogens is 360 g/mol. The van der Waals surface area contributed by atoms with E-state index in [4.69, 9.17) is 9.47 Å². The third kappa shape index (κ3) is 4.23. The Morgan fingerprint density at radius 2 is 1.42 bits per heavy atom. The monoisotopic (exact) mass is 378 g/mol. The van der Waals surface area contributed by atoms with Crippen LogP contribution in [0.25, 0.3) is 0 Å². The van der Waals surface area contributed by atoms with Crippen LogP contribution in [0.3, 0.4) is 0 Å². The largest absolute Gasteiger partial charge is 0.462 e. The molecule has 1 heterocycles. The molecule has 6 nitrogen and oxygen atoms in total. The summed E-state index contributed by atoms with van der Waals surface area (Å²) in [5.41, 5.74) is -4.20. The Morgan fingerprint density at radius 3 is 1.73 bits per heavy atom. The van der Waals surface area contributed by atoms with Gasteiger partial charge in [0.1, 0.15) is 22.5 Å². The zero-order chi connectivity index (χ0) is 19.4. The first-order valence-corrected chi connectivity index (χ1v) is 8.06. The van der Waals surface area contributed by atoms with Gasteiger partial charge >= 0.3 is 11.9 Å². The molecule has 0 unspecified atom stereocenters. The zero-order valence-electron chi connectivity index (χ0n) is 14.2. The number of halogens is 4. The van der Waals surface area contributed by atoms with Crippen LogP contribution in [0.2, 0.25) is 0 Å². The standard InChI is InChI=1S/C16H18F4N2O4/c1-3-25-15(23)8-10(21-7-5-6-7)9(16(24)26-4-2)12(14(19)20)22-11(8)13(17)18/h7,13-14H,3-6H2,1-2H3,(H,21,22). The first-order chi connectivity index (χ1) is 12.3. The summed E-state index contributed by atoms with van der Waals surface area (Å²) in [4.78, 5) is 27.7. The van der Waals surface area contributed by atoms with E-state index in [9.17, 15) is 27.2 Å². The molecule has 1 N–H and O–H groups in total. The summed E-state index contributed by atoms with van der Waals surface area (Å²) < 4.78 is 63.2. The lowest BCUT2D eigenvalue weighted by atomic mass is 10.0. The summed E-state index contributed by atoms with van der Waals surface area (Å²) in [6, 6.07) is -0.227. The van der Waals surface area contributed by atoms with Gasteiger partial charge in [0.15, 0.2) is 0 Å². The van der Waals surface area contributed by atoms with Gasteiger partial charge in [-0.25, -0.2) is 32.1 Å². The molecule has 0 aromatic carbocycles. The smallest absolute Gasteiger partial charge is 0.342 e. The van der Waals surface area contributed by atoms with Gasteiger partial charge in [-0.2, -0.15) is 0 Å². The van der Waals surface area contributed by atoms with Gasteiger partial charge in [0.05, 0.1) is 18.9 Å². The van der Waals surface area contributed by atoms with Crippen LogP contribution in [0, 0.1) is 0 Å². The molecule has 1 aliphatic carbocycles. The molecule has 1 aliphatic rings. The van der Waals surface area contributed by atoms with E-state index in [1.54, 1.807) is 0 Å². The van der Waals surface area contributed by atoms with Crippen LogP contribution < -0.4 is 5.32 Å². The van der Waals surface area contributed by atoms with Crippen molar-refractivity contribution in [2.45, 2.75) is 45.6 Å². The second-order valence-corrected chi connectivity index (χ2v) is 5.47. The van der Waals surface area contributed by atoms with E-state index in [-0.39, 0.29) is 19.3 Å². The van der Waals surface area contributed by atoms with Crippen molar-refractivity contribution in [2.75, 3.05) is 18.5 Å². The van der Waals surface area contributed by atoms with Crippen LogP contribution >= 0.6 is 0 Å². The molecule has 1 fully saturated rings. The molecule has 26 heavy (non-hydrogen) atoms. The van der Waals surface area contributed by atoms with E-state index in [1.807, 2.05) is 0 Å². The first kappa shape index (κ1) is 19.9. The van der Waals surface area contributed by atoms with Gasteiger partial charge in [0.25, 0.3) is 12.9 Å². The molecule has 10 heteroatoms. The van der Waals surface area contributed by atoms with Crippen molar-refractivity contribution in [3.05, 3.63) is 22.5 Å². The molecule has 0 radical (unpaired) electrons. The number of anilines is 1. The quantitative estimate of drug-likeness (QED) is 0.546. The lowest BCUT2D eigenvalue weighted by Crippen LogP contribution is -2.22. The molecule has 0 aliphatic heterocycles. The van der Waals surface area contributed by atoms with Gasteiger partial charge in [0, 0.05) is 6.04 Å². The van der Waals surface area contributed by atoms with Crippen LogP contribution in [-0.4, -0.2) is 36.2 Å². The average Bonchev–Trinajstić information content (AvgIpc) is 3.37. The first-order valence-electron chi connectivity index (χ1n) is 8.06. The maximum atomic E-state index is 13.4. The minimum Gasteiger partial charge on any atom is -0.462 e. The molecule has 144 valence electrons. The Balaban J connectivity index is 2.78. The number of hydrogen-bond acceptors (Lipinski definition) is 6. The maximum Gasteiger partial charge on any atom is 0.342 e.